The fourth-order valence-electron chi connectivity index (χ4n) is 0.880. The molecule has 12 heavy (non-hydrogen) atoms. The Morgan fingerprint density at radius 1 is 1.17 bits per heavy atom. The van der Waals surface area contributed by atoms with Gasteiger partial charge >= 0.3 is 8.97 Å². The van der Waals surface area contributed by atoms with Crippen LogP contribution in [0.2, 0.25) is 0 Å². The molecule has 0 saturated carbocycles. The van der Waals surface area contributed by atoms with E-state index in [1.165, 1.54) is 38.3 Å². The molecule has 0 atom stereocenters. The van der Waals surface area contributed by atoms with Crippen LogP contribution < -0.4 is 0 Å². The van der Waals surface area contributed by atoms with Gasteiger partial charge in [0.2, 0.25) is 0 Å². The molecule has 0 aliphatic carbocycles. The molecule has 0 fully saturated rings. The van der Waals surface area contributed by atoms with E-state index in [0.717, 1.165) is 0 Å². The molecule has 1 rings (SSSR count). The lowest BCUT2D eigenvalue weighted by atomic mass is 11.3. The Labute approximate surface area is 71.5 Å². The number of rotatable bonds is 4. The number of aromatic nitrogens is 3. The van der Waals surface area contributed by atoms with Crippen molar-refractivity contribution in [2.24, 2.45) is 0 Å². The third kappa shape index (κ3) is 1.39. The molecule has 1 heterocycles. The minimum Gasteiger partial charge on any atom is -0.359 e. The Morgan fingerprint density at radius 3 is 2.08 bits per heavy atom. The zero-order chi connectivity index (χ0) is 9.03. The van der Waals surface area contributed by atoms with Crippen LogP contribution in [0, 0.1) is 0 Å². The minimum atomic E-state index is -2.80. The molecule has 0 spiro atoms. The number of nitrogens with zero attached hydrogens (tertiary/aromatic N) is 3. The van der Waals surface area contributed by atoms with Gasteiger partial charge in [-0.05, 0) is 0 Å². The van der Waals surface area contributed by atoms with E-state index in [-0.39, 0.29) is 0 Å². The average molecular weight is 189 g/mol. The summed E-state index contributed by atoms with van der Waals surface area (Å²) in [6.45, 7) is 0. The van der Waals surface area contributed by atoms with Crippen molar-refractivity contribution in [1.82, 2.24) is 14.4 Å². The molecule has 0 aliphatic heterocycles. The predicted molar refractivity (Wildman–Crippen MR) is 42.2 cm³/mol. The van der Waals surface area contributed by atoms with Gasteiger partial charge in [-0.2, -0.15) is 5.10 Å². The lowest BCUT2D eigenvalue weighted by Crippen LogP contribution is -2.51. The van der Waals surface area contributed by atoms with Crippen LogP contribution in [-0.2, 0) is 13.3 Å². The maximum Gasteiger partial charge on any atom is 0.655 e. The van der Waals surface area contributed by atoms with Crippen LogP contribution in [0.5, 0.6) is 0 Å². The topological polar surface area (TPSA) is 58.4 Å². The van der Waals surface area contributed by atoms with E-state index in [1.54, 1.807) is 0 Å². The molecular weight excluding hydrogens is 178 g/mol. The molecule has 7 heteroatoms. The molecule has 0 unspecified atom stereocenters. The standard InChI is InChI=1S/C5H11N3O3Si/c1-9-12(10-2,11-3)8-5-6-4-7-8/h4-5H,1-3H3. The monoisotopic (exact) mass is 189 g/mol. The summed E-state index contributed by atoms with van der Waals surface area (Å²) in [5.74, 6) is 0. The molecule has 0 radical (unpaired) electrons. The predicted octanol–water partition coefficient (Wildman–Crippen LogP) is -0.499. The molecule has 0 saturated heterocycles. The molecule has 1 aromatic heterocycles. The second-order valence-electron chi connectivity index (χ2n) is 1.98. The number of hydrogen-bond acceptors (Lipinski definition) is 5. The van der Waals surface area contributed by atoms with Crippen molar-refractivity contribution in [3.63, 3.8) is 0 Å². The first-order valence-corrected chi connectivity index (χ1v) is 4.97. The van der Waals surface area contributed by atoms with E-state index in [0.29, 0.717) is 0 Å². The van der Waals surface area contributed by atoms with E-state index >= 15 is 0 Å². The molecule has 0 aromatic carbocycles. The van der Waals surface area contributed by atoms with Crippen molar-refractivity contribution in [2.45, 2.75) is 0 Å². The Hall–Kier alpha value is -0.763. The summed E-state index contributed by atoms with van der Waals surface area (Å²) >= 11 is 0. The lowest BCUT2D eigenvalue weighted by Gasteiger charge is -2.22. The molecule has 1 aromatic rings. The van der Waals surface area contributed by atoms with Crippen LogP contribution in [-0.4, -0.2) is 44.7 Å². The first kappa shape index (κ1) is 9.33. The summed E-state index contributed by atoms with van der Waals surface area (Å²) in [4.78, 5) is 3.78. The fraction of sp³-hybridized carbons (Fsp3) is 0.600. The summed E-state index contributed by atoms with van der Waals surface area (Å²) in [6.07, 6.45) is 2.90. The first-order valence-electron chi connectivity index (χ1n) is 3.29. The van der Waals surface area contributed by atoms with Crippen molar-refractivity contribution >= 4 is 8.97 Å². The highest BCUT2D eigenvalue weighted by Gasteiger charge is 2.43. The van der Waals surface area contributed by atoms with Crippen molar-refractivity contribution in [3.05, 3.63) is 12.7 Å². The molecule has 0 aliphatic rings. The van der Waals surface area contributed by atoms with Crippen LogP contribution in [0.25, 0.3) is 0 Å². The molecule has 0 N–H and O–H groups in total. The molecule has 68 valence electrons. The third-order valence-corrected chi connectivity index (χ3v) is 3.81. The maximum atomic E-state index is 5.14. The molecule has 0 amide bonds. The SMILES string of the molecule is CO[Si](OC)(OC)n1cncn1. The minimum absolute atomic E-state index is 1.40. The van der Waals surface area contributed by atoms with Crippen molar-refractivity contribution in [1.29, 1.82) is 0 Å². The van der Waals surface area contributed by atoms with Crippen LogP contribution >= 0.6 is 0 Å². The summed E-state index contributed by atoms with van der Waals surface area (Å²) in [5, 5.41) is 3.89. The zero-order valence-electron chi connectivity index (χ0n) is 7.22. The van der Waals surface area contributed by atoms with Gasteiger partial charge in [-0.3, -0.25) is 0 Å². The van der Waals surface area contributed by atoms with Gasteiger partial charge in [0.25, 0.3) is 0 Å². The Bertz CT molecular complexity index is 216. The Morgan fingerprint density at radius 2 is 1.75 bits per heavy atom. The lowest BCUT2D eigenvalue weighted by molar-refractivity contribution is 0.108. The van der Waals surface area contributed by atoms with Gasteiger partial charge in [-0.1, -0.05) is 0 Å². The van der Waals surface area contributed by atoms with E-state index < -0.39 is 8.97 Å². The highest BCUT2D eigenvalue weighted by molar-refractivity contribution is 6.58. The second kappa shape index (κ2) is 3.76. The quantitative estimate of drug-likeness (QED) is 0.598. The largest absolute Gasteiger partial charge is 0.655 e. The summed E-state index contributed by atoms with van der Waals surface area (Å²) in [7, 11) is 1.75. The van der Waals surface area contributed by atoms with E-state index in [1.807, 2.05) is 0 Å². The summed E-state index contributed by atoms with van der Waals surface area (Å²) < 4.78 is 16.9. The molecule has 6 nitrogen and oxygen atoms in total. The smallest absolute Gasteiger partial charge is 0.359 e. The van der Waals surface area contributed by atoms with Gasteiger partial charge in [0, 0.05) is 21.3 Å². The highest BCUT2D eigenvalue weighted by atomic mass is 28.4. The third-order valence-electron chi connectivity index (χ3n) is 1.47. The van der Waals surface area contributed by atoms with Crippen LogP contribution in [0.4, 0.5) is 0 Å². The van der Waals surface area contributed by atoms with Crippen LogP contribution in [0.1, 0.15) is 0 Å². The van der Waals surface area contributed by atoms with Crippen LogP contribution in [0.15, 0.2) is 12.7 Å². The molecule has 0 bridgehead atoms. The maximum absolute atomic E-state index is 5.14. The molecular formula is C5H11N3O3Si. The van der Waals surface area contributed by atoms with E-state index in [9.17, 15) is 0 Å². The normalized spacial score (nSPS) is 11.9. The second-order valence-corrected chi connectivity index (χ2v) is 4.71. The first-order chi connectivity index (χ1) is 5.79. The van der Waals surface area contributed by atoms with Gasteiger partial charge in [0.1, 0.15) is 12.7 Å². The zero-order valence-corrected chi connectivity index (χ0v) is 8.22. The van der Waals surface area contributed by atoms with Crippen LogP contribution in [0.3, 0.4) is 0 Å². The average Bonchev–Trinajstić information content (AvgIpc) is 2.62. The van der Waals surface area contributed by atoms with Gasteiger partial charge in [-0.25, -0.2) is 9.33 Å². The van der Waals surface area contributed by atoms with Crippen molar-refractivity contribution in [2.75, 3.05) is 21.3 Å². The Kier molecular flexibility index (Phi) is 2.92. The van der Waals surface area contributed by atoms with Gasteiger partial charge < -0.3 is 13.3 Å². The highest BCUT2D eigenvalue weighted by Crippen LogP contribution is 2.06. The van der Waals surface area contributed by atoms with Crippen molar-refractivity contribution in [3.8, 4) is 0 Å². The summed E-state index contributed by atoms with van der Waals surface area (Å²) in [6, 6.07) is 0. The fourth-order valence-corrected chi connectivity index (χ4v) is 2.34. The number of hydrogen-bond donors (Lipinski definition) is 0. The Balaban J connectivity index is 2.93. The van der Waals surface area contributed by atoms with E-state index in [2.05, 4.69) is 10.1 Å². The van der Waals surface area contributed by atoms with Crippen molar-refractivity contribution < 1.29 is 13.3 Å². The van der Waals surface area contributed by atoms with Gasteiger partial charge in [-0.15, -0.1) is 0 Å². The summed E-state index contributed by atoms with van der Waals surface area (Å²) in [5.41, 5.74) is 0. The van der Waals surface area contributed by atoms with E-state index in [4.69, 9.17) is 13.3 Å². The van der Waals surface area contributed by atoms with Gasteiger partial charge in [0.15, 0.2) is 0 Å². The van der Waals surface area contributed by atoms with Gasteiger partial charge in [0.05, 0.1) is 0 Å².